The minimum absolute atomic E-state index is 0.0881. The maximum Gasteiger partial charge on any atom is 0.313 e. The van der Waals surface area contributed by atoms with Crippen LogP contribution >= 0.6 is 0 Å². The molecule has 0 radical (unpaired) electrons. The van der Waals surface area contributed by atoms with Crippen LogP contribution in [-0.4, -0.2) is 39.1 Å². The minimum Gasteiger partial charge on any atom is -0.345 e. The zero-order valence-corrected chi connectivity index (χ0v) is 15.1. The van der Waals surface area contributed by atoms with Gasteiger partial charge in [-0.1, -0.05) is 12.8 Å². The highest BCUT2D eigenvalue weighted by atomic mass is 32.2. The number of nitrogens with one attached hydrogen (secondary N) is 2. The highest BCUT2D eigenvalue weighted by Gasteiger charge is 2.25. The summed E-state index contributed by atoms with van der Waals surface area (Å²) in [5, 5.41) is 5.35. The van der Waals surface area contributed by atoms with Crippen molar-refractivity contribution in [2.45, 2.75) is 44.6 Å². The van der Waals surface area contributed by atoms with E-state index in [1.165, 1.54) is 10.6 Å². The molecule has 1 fully saturated rings. The van der Waals surface area contributed by atoms with Gasteiger partial charge in [0.05, 0.1) is 11.9 Å². The molecular weight excluding hydrogens is 342 g/mol. The average molecular weight is 365 g/mol. The van der Waals surface area contributed by atoms with Gasteiger partial charge in [0.25, 0.3) is 0 Å². The van der Waals surface area contributed by atoms with E-state index < -0.39 is 21.8 Å². The van der Waals surface area contributed by atoms with Crippen LogP contribution in [0.5, 0.6) is 0 Å². The molecule has 1 aromatic carbocycles. The number of sulfonamides is 1. The number of carbonyl (C=O) groups is 2. The third-order valence-corrected chi connectivity index (χ3v) is 5.89. The topological polar surface area (TPSA) is 95.6 Å². The Hall–Kier alpha value is -2.09. The maximum absolute atomic E-state index is 12.1. The molecule has 1 aromatic rings. The van der Waals surface area contributed by atoms with E-state index in [1.807, 2.05) is 0 Å². The Morgan fingerprint density at radius 2 is 1.84 bits per heavy atom. The molecule has 3 rings (SSSR count). The Balaban J connectivity index is 1.69. The van der Waals surface area contributed by atoms with Crippen molar-refractivity contribution < 1.29 is 18.0 Å². The van der Waals surface area contributed by atoms with Crippen LogP contribution in [0.25, 0.3) is 0 Å². The van der Waals surface area contributed by atoms with Crippen LogP contribution < -0.4 is 14.9 Å². The van der Waals surface area contributed by atoms with Crippen molar-refractivity contribution in [1.82, 2.24) is 5.32 Å². The van der Waals surface area contributed by atoms with Crippen LogP contribution in [0.2, 0.25) is 0 Å². The maximum atomic E-state index is 12.1. The molecule has 2 aliphatic rings. The highest BCUT2D eigenvalue weighted by Crippen LogP contribution is 2.31. The molecule has 0 unspecified atom stereocenters. The average Bonchev–Trinajstić information content (AvgIpc) is 3.06. The van der Waals surface area contributed by atoms with Gasteiger partial charge in [0.15, 0.2) is 0 Å². The highest BCUT2D eigenvalue weighted by molar-refractivity contribution is 7.92. The molecule has 0 bridgehead atoms. The third-order valence-electron chi connectivity index (χ3n) is 4.71. The molecule has 8 heteroatoms. The Bertz CT molecular complexity index is 785. The van der Waals surface area contributed by atoms with Gasteiger partial charge in [0.2, 0.25) is 10.0 Å². The zero-order valence-electron chi connectivity index (χ0n) is 14.2. The molecule has 25 heavy (non-hydrogen) atoms. The van der Waals surface area contributed by atoms with Gasteiger partial charge in [0, 0.05) is 18.3 Å². The van der Waals surface area contributed by atoms with Gasteiger partial charge >= 0.3 is 11.8 Å². The number of hydrogen-bond donors (Lipinski definition) is 2. The van der Waals surface area contributed by atoms with Crippen LogP contribution in [-0.2, 0) is 26.0 Å². The van der Waals surface area contributed by atoms with Gasteiger partial charge < -0.3 is 10.6 Å². The molecular formula is C17H23N3O4S. The van der Waals surface area contributed by atoms with Crippen molar-refractivity contribution in [2.75, 3.05) is 22.4 Å². The van der Waals surface area contributed by atoms with Crippen molar-refractivity contribution in [1.29, 1.82) is 0 Å². The normalized spacial score (nSPS) is 17.9. The molecule has 0 aromatic heterocycles. The van der Waals surface area contributed by atoms with E-state index >= 15 is 0 Å². The summed E-state index contributed by atoms with van der Waals surface area (Å²) in [4.78, 5) is 24.0. The number of amides is 2. The minimum atomic E-state index is -3.32. The fourth-order valence-electron chi connectivity index (χ4n) is 3.49. The fourth-order valence-corrected chi connectivity index (χ4v) is 4.49. The SMILES string of the molecule is CS(=O)(=O)N1CCCc2cc(NC(=O)C(=O)NC3CCCC3)ccc21. The van der Waals surface area contributed by atoms with Crippen molar-refractivity contribution in [3.8, 4) is 0 Å². The van der Waals surface area contributed by atoms with Crippen LogP contribution in [0.15, 0.2) is 18.2 Å². The monoisotopic (exact) mass is 365 g/mol. The number of carbonyl (C=O) groups excluding carboxylic acids is 2. The molecule has 1 aliphatic carbocycles. The Kier molecular flexibility index (Phi) is 4.99. The van der Waals surface area contributed by atoms with Gasteiger partial charge in [-0.05, 0) is 49.4 Å². The smallest absolute Gasteiger partial charge is 0.313 e. The second-order valence-electron chi connectivity index (χ2n) is 6.69. The van der Waals surface area contributed by atoms with E-state index in [4.69, 9.17) is 0 Å². The standard InChI is InChI=1S/C17H23N3O4S/c1-25(23,24)20-10-4-5-12-11-14(8-9-15(12)20)19-17(22)16(21)18-13-6-2-3-7-13/h8-9,11,13H,2-7,10H2,1H3,(H,18,21)(H,19,22). The largest absolute Gasteiger partial charge is 0.345 e. The predicted molar refractivity (Wildman–Crippen MR) is 96.0 cm³/mol. The van der Waals surface area contributed by atoms with E-state index in [1.54, 1.807) is 18.2 Å². The van der Waals surface area contributed by atoms with Gasteiger partial charge in [-0.3, -0.25) is 13.9 Å². The van der Waals surface area contributed by atoms with E-state index in [-0.39, 0.29) is 6.04 Å². The van der Waals surface area contributed by atoms with Gasteiger partial charge in [-0.2, -0.15) is 0 Å². The summed E-state index contributed by atoms with van der Waals surface area (Å²) in [5.74, 6) is -1.31. The van der Waals surface area contributed by atoms with Crippen molar-refractivity contribution in [3.05, 3.63) is 23.8 Å². The molecule has 1 aliphatic heterocycles. The molecule has 0 spiro atoms. The molecule has 7 nitrogen and oxygen atoms in total. The molecule has 1 saturated carbocycles. The summed E-state index contributed by atoms with van der Waals surface area (Å²) in [6.07, 6.45) is 6.63. The summed E-state index contributed by atoms with van der Waals surface area (Å²) in [6, 6.07) is 5.14. The molecule has 1 heterocycles. The summed E-state index contributed by atoms with van der Waals surface area (Å²) in [7, 11) is -3.32. The molecule has 136 valence electrons. The Labute approximate surface area is 147 Å². The number of fused-ring (bicyclic) bond motifs is 1. The van der Waals surface area contributed by atoms with E-state index in [0.717, 1.165) is 44.1 Å². The lowest BCUT2D eigenvalue weighted by Crippen LogP contribution is -2.40. The fraction of sp³-hybridized carbons (Fsp3) is 0.529. The van der Waals surface area contributed by atoms with Gasteiger partial charge in [-0.25, -0.2) is 8.42 Å². The first-order valence-electron chi connectivity index (χ1n) is 8.57. The zero-order chi connectivity index (χ0) is 18.0. The predicted octanol–water partition coefficient (Wildman–Crippen LogP) is 1.40. The summed E-state index contributed by atoms with van der Waals surface area (Å²) in [6.45, 7) is 0.460. The number of aryl methyl sites for hydroxylation is 1. The van der Waals surface area contributed by atoms with Gasteiger partial charge in [0.1, 0.15) is 0 Å². The number of benzene rings is 1. The first-order valence-corrected chi connectivity index (χ1v) is 10.4. The van der Waals surface area contributed by atoms with Crippen molar-refractivity contribution in [2.24, 2.45) is 0 Å². The molecule has 2 N–H and O–H groups in total. The van der Waals surface area contributed by atoms with E-state index in [9.17, 15) is 18.0 Å². The summed E-state index contributed by atoms with van der Waals surface area (Å²) >= 11 is 0. The Morgan fingerprint density at radius 1 is 1.12 bits per heavy atom. The van der Waals surface area contributed by atoms with Crippen LogP contribution in [0.1, 0.15) is 37.7 Å². The Morgan fingerprint density at radius 3 is 2.52 bits per heavy atom. The first kappa shape index (κ1) is 17.7. The van der Waals surface area contributed by atoms with E-state index in [2.05, 4.69) is 10.6 Å². The van der Waals surface area contributed by atoms with Crippen LogP contribution in [0.3, 0.4) is 0 Å². The van der Waals surface area contributed by atoms with Gasteiger partial charge in [-0.15, -0.1) is 0 Å². The van der Waals surface area contributed by atoms with Crippen LogP contribution in [0, 0.1) is 0 Å². The van der Waals surface area contributed by atoms with Crippen molar-refractivity contribution in [3.63, 3.8) is 0 Å². The quantitative estimate of drug-likeness (QED) is 0.792. The summed E-state index contributed by atoms with van der Waals surface area (Å²) in [5.41, 5.74) is 1.99. The lowest BCUT2D eigenvalue weighted by atomic mass is 10.0. The van der Waals surface area contributed by atoms with Crippen molar-refractivity contribution >= 4 is 33.2 Å². The number of nitrogens with zero attached hydrogens (tertiary/aromatic N) is 1. The third kappa shape index (κ3) is 4.12. The summed E-state index contributed by atoms with van der Waals surface area (Å²) < 4.78 is 25.1. The second-order valence-corrected chi connectivity index (χ2v) is 8.60. The molecule has 2 amide bonds. The number of hydrogen-bond acceptors (Lipinski definition) is 4. The van der Waals surface area contributed by atoms with Crippen LogP contribution in [0.4, 0.5) is 11.4 Å². The van der Waals surface area contributed by atoms with E-state index in [0.29, 0.717) is 17.9 Å². The second kappa shape index (κ2) is 7.03. The number of rotatable bonds is 3. The lowest BCUT2D eigenvalue weighted by molar-refractivity contribution is -0.136. The molecule has 0 atom stereocenters. The number of anilines is 2. The lowest BCUT2D eigenvalue weighted by Gasteiger charge is -2.29. The first-order chi connectivity index (χ1) is 11.8. The molecule has 0 saturated heterocycles.